The average Bonchev–Trinajstić information content (AvgIpc) is 2.79. The Hall–Kier alpha value is -2.78. The molecular formula is C22H26N2O6S. The second-order valence-electron chi connectivity index (χ2n) is 8.82. The molecule has 2 aromatic carbocycles. The molecule has 0 fully saturated rings. The van der Waals surface area contributed by atoms with Gasteiger partial charge in [0.15, 0.2) is 16.9 Å². The molecule has 0 aromatic heterocycles. The van der Waals surface area contributed by atoms with Crippen molar-refractivity contribution in [3.63, 3.8) is 0 Å². The highest BCUT2D eigenvalue weighted by atomic mass is 32.2. The van der Waals surface area contributed by atoms with E-state index in [4.69, 9.17) is 9.47 Å². The molecule has 8 nitrogen and oxygen atoms in total. The minimum atomic E-state index is -4.53. The highest BCUT2D eigenvalue weighted by Gasteiger charge is 2.44. The van der Waals surface area contributed by atoms with Crippen molar-refractivity contribution in [3.05, 3.63) is 53.1 Å². The van der Waals surface area contributed by atoms with Crippen LogP contribution in [0.15, 0.2) is 36.4 Å². The van der Waals surface area contributed by atoms with Crippen LogP contribution in [0.25, 0.3) is 0 Å². The van der Waals surface area contributed by atoms with Gasteiger partial charge in [-0.2, -0.15) is 8.42 Å². The second kappa shape index (κ2) is 7.42. The maximum Gasteiger partial charge on any atom is 0.288 e. The first-order chi connectivity index (χ1) is 14.5. The number of rotatable bonds is 3. The number of methoxy groups -OCH3 is 1. The zero-order valence-corrected chi connectivity index (χ0v) is 18.7. The van der Waals surface area contributed by atoms with Gasteiger partial charge in [-0.15, -0.1) is 0 Å². The van der Waals surface area contributed by atoms with E-state index in [1.807, 2.05) is 45.0 Å². The van der Waals surface area contributed by atoms with E-state index in [1.54, 1.807) is 12.1 Å². The largest absolute Gasteiger partial charge is 0.493 e. The van der Waals surface area contributed by atoms with Crippen molar-refractivity contribution in [2.75, 3.05) is 12.4 Å². The van der Waals surface area contributed by atoms with Crippen LogP contribution in [0.2, 0.25) is 0 Å². The predicted octanol–water partition coefficient (Wildman–Crippen LogP) is 3.08. The lowest BCUT2D eigenvalue weighted by Gasteiger charge is -2.38. The van der Waals surface area contributed by atoms with E-state index >= 15 is 0 Å². The van der Waals surface area contributed by atoms with Gasteiger partial charge in [0.2, 0.25) is 0 Å². The van der Waals surface area contributed by atoms with Gasteiger partial charge in [0.25, 0.3) is 16.0 Å². The Morgan fingerprint density at radius 2 is 1.81 bits per heavy atom. The summed E-state index contributed by atoms with van der Waals surface area (Å²) in [5, 5.41) is 1.51. The number of nitrogens with one attached hydrogen (secondary N) is 1. The van der Waals surface area contributed by atoms with Crippen LogP contribution in [-0.4, -0.2) is 47.9 Å². The molecule has 0 aliphatic carbocycles. The summed E-state index contributed by atoms with van der Waals surface area (Å²) >= 11 is 0. The number of carbonyl (C=O) groups is 1. The number of hydrogen-bond donors (Lipinski definition) is 2. The third-order valence-electron chi connectivity index (χ3n) is 5.47. The quantitative estimate of drug-likeness (QED) is 0.698. The van der Waals surface area contributed by atoms with E-state index in [-0.39, 0.29) is 23.7 Å². The van der Waals surface area contributed by atoms with Crippen molar-refractivity contribution in [3.8, 4) is 11.5 Å². The summed E-state index contributed by atoms with van der Waals surface area (Å²) in [5.74, 6) is 0.392. The van der Waals surface area contributed by atoms with Gasteiger partial charge >= 0.3 is 0 Å². The molecule has 2 N–H and O–H groups in total. The zero-order valence-electron chi connectivity index (χ0n) is 17.9. The lowest BCUT2D eigenvalue weighted by molar-refractivity contribution is 0.0648. The highest BCUT2D eigenvalue weighted by molar-refractivity contribution is 7.86. The normalized spacial score (nSPS) is 20.7. The molecule has 0 bridgehead atoms. The zero-order chi connectivity index (χ0) is 22.6. The van der Waals surface area contributed by atoms with Gasteiger partial charge in [-0.25, -0.2) is 0 Å². The Morgan fingerprint density at radius 3 is 2.42 bits per heavy atom. The monoisotopic (exact) mass is 446 g/mol. The number of benzene rings is 2. The Bertz CT molecular complexity index is 1140. The second-order valence-corrected chi connectivity index (χ2v) is 10.4. The van der Waals surface area contributed by atoms with Gasteiger partial charge in [0.05, 0.1) is 24.4 Å². The van der Waals surface area contributed by atoms with E-state index in [0.29, 0.717) is 17.9 Å². The Balaban J connectivity index is 1.87. The van der Waals surface area contributed by atoms with Crippen LogP contribution in [0.5, 0.6) is 11.5 Å². The van der Waals surface area contributed by atoms with E-state index in [0.717, 1.165) is 11.1 Å². The summed E-state index contributed by atoms with van der Waals surface area (Å²) in [6.45, 7) is 5.86. The first kappa shape index (κ1) is 21.5. The molecule has 1 unspecified atom stereocenters. The molecule has 0 spiro atoms. The number of ether oxygens (including phenoxy) is 2. The van der Waals surface area contributed by atoms with E-state index in [9.17, 15) is 17.8 Å². The van der Waals surface area contributed by atoms with Crippen molar-refractivity contribution < 1.29 is 27.2 Å². The molecule has 2 atom stereocenters. The summed E-state index contributed by atoms with van der Waals surface area (Å²) < 4.78 is 46.2. The fraction of sp³-hybridized carbons (Fsp3) is 0.409. The van der Waals surface area contributed by atoms with Crippen LogP contribution in [0, 0.1) is 0 Å². The Kier molecular flexibility index (Phi) is 5.13. The fourth-order valence-electron chi connectivity index (χ4n) is 4.14. The van der Waals surface area contributed by atoms with Crippen LogP contribution in [0.3, 0.4) is 0 Å². The van der Waals surface area contributed by atoms with Crippen LogP contribution < -0.4 is 14.8 Å². The Morgan fingerprint density at radius 1 is 1.13 bits per heavy atom. The molecule has 2 aliphatic heterocycles. The molecule has 31 heavy (non-hydrogen) atoms. The summed E-state index contributed by atoms with van der Waals surface area (Å²) in [7, 11) is -3.05. The summed E-state index contributed by atoms with van der Waals surface area (Å²) in [4.78, 5) is 15.0. The molecule has 9 heteroatoms. The van der Waals surface area contributed by atoms with E-state index in [1.165, 1.54) is 12.0 Å². The number of hydrogen-bond acceptors (Lipinski definition) is 6. The van der Waals surface area contributed by atoms with Crippen molar-refractivity contribution in [1.82, 2.24) is 4.90 Å². The molecule has 0 radical (unpaired) electrons. The summed E-state index contributed by atoms with van der Waals surface area (Å²) in [5.41, 5.74) is 1.88. The summed E-state index contributed by atoms with van der Waals surface area (Å²) in [6.07, 6.45) is 0.301. The van der Waals surface area contributed by atoms with Crippen LogP contribution in [0.4, 0.5) is 5.69 Å². The molecule has 4 rings (SSSR count). The topological polar surface area (TPSA) is 105 Å². The Labute approximate surface area is 181 Å². The first-order valence-corrected chi connectivity index (χ1v) is 11.5. The standard InChI is InChI=1S/C22H26N2O6S/c1-22(2,3)30-19-11-16-15(10-18(19)29-4)21(25)24-12-14-8-6-5-7-13(14)9-17(24)20(23-16)31(26,27)28/h5-8,10-11,17,20,23H,9,12H2,1-4H3,(H,26,27,28)/t17-,20?/m0/s1. The first-order valence-electron chi connectivity index (χ1n) is 9.99. The number of amides is 1. The molecule has 2 aliphatic rings. The van der Waals surface area contributed by atoms with Gasteiger partial charge in [0, 0.05) is 12.6 Å². The van der Waals surface area contributed by atoms with Crippen molar-refractivity contribution in [1.29, 1.82) is 0 Å². The fourth-order valence-corrected chi connectivity index (χ4v) is 5.06. The molecular weight excluding hydrogens is 420 g/mol. The lowest BCUT2D eigenvalue weighted by atomic mass is 9.93. The van der Waals surface area contributed by atoms with Crippen molar-refractivity contribution >= 4 is 21.7 Å². The van der Waals surface area contributed by atoms with Gasteiger partial charge in [-0.1, -0.05) is 24.3 Å². The molecule has 166 valence electrons. The minimum Gasteiger partial charge on any atom is -0.493 e. The number of fused-ring (bicyclic) bond motifs is 3. The average molecular weight is 447 g/mol. The third kappa shape index (κ3) is 4.07. The van der Waals surface area contributed by atoms with Crippen LogP contribution in [-0.2, 0) is 23.1 Å². The SMILES string of the molecule is COc1cc2c(cc1OC(C)(C)C)NC(S(=O)(=O)O)[C@@H]1Cc3ccccc3CN1C2=O. The maximum absolute atomic E-state index is 13.5. The number of carbonyl (C=O) groups excluding carboxylic acids is 1. The molecule has 2 aromatic rings. The van der Waals surface area contributed by atoms with Gasteiger partial charge < -0.3 is 19.7 Å². The van der Waals surface area contributed by atoms with Crippen molar-refractivity contribution in [2.24, 2.45) is 0 Å². The van der Waals surface area contributed by atoms with E-state index in [2.05, 4.69) is 5.32 Å². The third-order valence-corrected chi connectivity index (χ3v) is 6.54. The van der Waals surface area contributed by atoms with E-state index < -0.39 is 27.1 Å². The van der Waals surface area contributed by atoms with Gasteiger partial charge in [0.1, 0.15) is 5.60 Å². The molecule has 0 saturated carbocycles. The van der Waals surface area contributed by atoms with Gasteiger partial charge in [-0.05, 0) is 44.4 Å². The highest BCUT2D eigenvalue weighted by Crippen LogP contribution is 2.40. The lowest BCUT2D eigenvalue weighted by Crippen LogP contribution is -2.53. The number of nitrogens with zero attached hydrogens (tertiary/aromatic N) is 1. The number of anilines is 1. The predicted molar refractivity (Wildman–Crippen MR) is 116 cm³/mol. The van der Waals surface area contributed by atoms with Crippen LogP contribution >= 0.6 is 0 Å². The molecule has 2 heterocycles. The maximum atomic E-state index is 13.5. The smallest absolute Gasteiger partial charge is 0.288 e. The van der Waals surface area contributed by atoms with Crippen LogP contribution in [0.1, 0.15) is 42.3 Å². The van der Waals surface area contributed by atoms with Crippen molar-refractivity contribution in [2.45, 2.75) is 50.8 Å². The molecule has 1 amide bonds. The summed E-state index contributed by atoms with van der Waals surface area (Å²) in [6, 6.07) is 9.92. The minimum absolute atomic E-state index is 0.245. The van der Waals surface area contributed by atoms with Gasteiger partial charge in [-0.3, -0.25) is 9.35 Å². The molecule has 0 saturated heterocycles.